The molecular formula is C23H32N4O2. The van der Waals surface area contributed by atoms with Crippen LogP contribution in [0.25, 0.3) is 10.9 Å². The smallest absolute Gasteiger partial charge is 0.317 e. The maximum Gasteiger partial charge on any atom is 0.317 e. The van der Waals surface area contributed by atoms with Crippen LogP contribution in [0.5, 0.6) is 0 Å². The lowest BCUT2D eigenvalue weighted by Crippen LogP contribution is -2.57. The van der Waals surface area contributed by atoms with Crippen molar-refractivity contribution >= 4 is 16.9 Å². The van der Waals surface area contributed by atoms with Gasteiger partial charge in [-0.05, 0) is 43.9 Å². The van der Waals surface area contributed by atoms with Crippen molar-refractivity contribution in [1.82, 2.24) is 20.1 Å². The summed E-state index contributed by atoms with van der Waals surface area (Å²) in [5.41, 5.74) is 4.62. The van der Waals surface area contributed by atoms with Gasteiger partial charge in [0.15, 0.2) is 0 Å². The average Bonchev–Trinajstić information content (AvgIpc) is 3.09. The number of rotatable bonds is 6. The second-order valence-electron chi connectivity index (χ2n) is 8.18. The van der Waals surface area contributed by atoms with Gasteiger partial charge >= 0.3 is 6.03 Å². The highest BCUT2D eigenvalue weighted by Crippen LogP contribution is 2.44. The summed E-state index contributed by atoms with van der Waals surface area (Å²) in [6, 6.07) is 6.89. The van der Waals surface area contributed by atoms with Crippen molar-refractivity contribution in [3.63, 3.8) is 0 Å². The van der Waals surface area contributed by atoms with E-state index in [4.69, 9.17) is 0 Å². The minimum atomic E-state index is 0.0240. The monoisotopic (exact) mass is 396 g/mol. The van der Waals surface area contributed by atoms with Crippen LogP contribution in [0.1, 0.15) is 43.0 Å². The first kappa shape index (κ1) is 20.0. The Labute approximate surface area is 172 Å². The second kappa shape index (κ2) is 8.20. The van der Waals surface area contributed by atoms with Crippen LogP contribution in [0.4, 0.5) is 4.79 Å². The van der Waals surface area contributed by atoms with Gasteiger partial charge < -0.3 is 20.3 Å². The molecule has 0 spiro atoms. The highest BCUT2D eigenvalue weighted by Gasteiger charge is 2.41. The first-order chi connectivity index (χ1) is 14.1. The topological polar surface area (TPSA) is 71.6 Å². The number of hydrogen-bond donors (Lipinski definition) is 3. The van der Waals surface area contributed by atoms with Gasteiger partial charge in [-0.2, -0.15) is 0 Å². The molecular weight excluding hydrogens is 364 g/mol. The normalized spacial score (nSPS) is 23.6. The van der Waals surface area contributed by atoms with Gasteiger partial charge in [0.05, 0.1) is 6.61 Å². The van der Waals surface area contributed by atoms with Gasteiger partial charge in [0, 0.05) is 60.8 Å². The predicted molar refractivity (Wildman–Crippen MR) is 116 cm³/mol. The zero-order valence-corrected chi connectivity index (χ0v) is 17.4. The molecule has 1 fully saturated rings. The van der Waals surface area contributed by atoms with Crippen LogP contribution in [-0.2, 0) is 13.0 Å². The second-order valence-corrected chi connectivity index (χ2v) is 8.18. The molecule has 1 aliphatic carbocycles. The molecule has 1 aliphatic heterocycles. The number of benzene rings is 1. The van der Waals surface area contributed by atoms with Crippen LogP contribution in [0.2, 0.25) is 0 Å². The summed E-state index contributed by atoms with van der Waals surface area (Å²) >= 11 is 0. The number of nitrogens with one attached hydrogen (secondary N) is 2. The molecule has 6 nitrogen and oxygen atoms in total. The van der Waals surface area contributed by atoms with Gasteiger partial charge in [-0.1, -0.05) is 18.2 Å². The summed E-state index contributed by atoms with van der Waals surface area (Å²) in [5.74, 6) is 0.351. The van der Waals surface area contributed by atoms with Gasteiger partial charge in [-0.15, -0.1) is 6.58 Å². The summed E-state index contributed by atoms with van der Waals surface area (Å²) < 4.78 is 0. The van der Waals surface area contributed by atoms with E-state index >= 15 is 0 Å². The zero-order valence-electron chi connectivity index (χ0n) is 17.4. The van der Waals surface area contributed by atoms with Gasteiger partial charge in [0.1, 0.15) is 0 Å². The van der Waals surface area contributed by atoms with Crippen LogP contribution in [-0.4, -0.2) is 64.2 Å². The molecule has 0 saturated carbocycles. The van der Waals surface area contributed by atoms with E-state index in [2.05, 4.69) is 40.0 Å². The van der Waals surface area contributed by atoms with E-state index in [0.29, 0.717) is 25.0 Å². The predicted octanol–water partition coefficient (Wildman–Crippen LogP) is 2.98. The van der Waals surface area contributed by atoms with Crippen LogP contribution in [0, 0.1) is 0 Å². The van der Waals surface area contributed by atoms with Crippen molar-refractivity contribution in [2.75, 3.05) is 26.2 Å². The summed E-state index contributed by atoms with van der Waals surface area (Å²) in [4.78, 5) is 20.4. The maximum absolute atomic E-state index is 12.7. The number of urea groups is 1. The minimum Gasteiger partial charge on any atom is -0.390 e. The number of aliphatic hydroxyl groups is 1. The third-order valence-corrected chi connectivity index (χ3v) is 6.69. The molecule has 156 valence electrons. The Hall–Kier alpha value is -2.31. The summed E-state index contributed by atoms with van der Waals surface area (Å²) in [6.07, 6.45) is 3.80. The van der Waals surface area contributed by atoms with E-state index in [1.807, 2.05) is 24.8 Å². The first-order valence-corrected chi connectivity index (χ1v) is 10.7. The van der Waals surface area contributed by atoms with E-state index in [0.717, 1.165) is 37.1 Å². The molecule has 6 heteroatoms. The van der Waals surface area contributed by atoms with Crippen LogP contribution >= 0.6 is 0 Å². The first-order valence-electron chi connectivity index (χ1n) is 10.7. The number of carbonyl (C=O) groups is 1. The molecule has 0 radical (unpaired) electrons. The number of nitrogens with zero attached hydrogens (tertiary/aromatic N) is 2. The van der Waals surface area contributed by atoms with Gasteiger partial charge in [-0.25, -0.2) is 4.79 Å². The van der Waals surface area contributed by atoms with E-state index in [1.165, 1.54) is 16.5 Å². The van der Waals surface area contributed by atoms with Crippen LogP contribution < -0.4 is 5.32 Å². The number of H-pyrrole nitrogens is 1. The summed E-state index contributed by atoms with van der Waals surface area (Å²) in [5, 5.41) is 14.4. The number of carbonyl (C=O) groups excluding carboxylic acids is 1. The van der Waals surface area contributed by atoms with Gasteiger partial charge in [0.2, 0.25) is 0 Å². The minimum absolute atomic E-state index is 0.0240. The molecule has 1 saturated heterocycles. The number of aromatic amines is 1. The summed E-state index contributed by atoms with van der Waals surface area (Å²) in [6.45, 7) is 11.1. The van der Waals surface area contributed by atoms with Crippen molar-refractivity contribution < 1.29 is 9.90 Å². The number of aromatic nitrogens is 1. The molecule has 1 aromatic heterocycles. The van der Waals surface area contributed by atoms with Crippen LogP contribution in [0.3, 0.4) is 0 Å². The maximum atomic E-state index is 12.7. The number of amides is 2. The number of hydrogen-bond acceptors (Lipinski definition) is 3. The molecule has 2 heterocycles. The Morgan fingerprint density at radius 2 is 2.21 bits per heavy atom. The number of piperidine rings is 1. The number of likely N-dealkylation sites (tertiary alicyclic amines) is 1. The fourth-order valence-corrected chi connectivity index (χ4v) is 5.35. The molecule has 2 aromatic rings. The Morgan fingerprint density at radius 1 is 1.41 bits per heavy atom. The van der Waals surface area contributed by atoms with Gasteiger partial charge in [0.25, 0.3) is 0 Å². The van der Waals surface area contributed by atoms with E-state index in [-0.39, 0.29) is 18.7 Å². The Balaban J connectivity index is 1.68. The summed E-state index contributed by atoms with van der Waals surface area (Å²) in [7, 11) is 0. The third-order valence-electron chi connectivity index (χ3n) is 6.69. The Bertz CT molecular complexity index is 902. The van der Waals surface area contributed by atoms with E-state index in [1.54, 1.807) is 0 Å². The molecule has 2 aliphatic rings. The van der Waals surface area contributed by atoms with Crippen molar-refractivity contribution in [3.8, 4) is 0 Å². The lowest BCUT2D eigenvalue weighted by molar-refractivity contribution is 0.109. The Morgan fingerprint density at radius 3 is 2.90 bits per heavy atom. The quantitative estimate of drug-likeness (QED) is 0.658. The fraction of sp³-hybridized carbons (Fsp3) is 0.522. The lowest BCUT2D eigenvalue weighted by atomic mass is 9.73. The SMILES string of the molecule is C=CCN1C[C@@H](NC(=O)N(CC)CC)C[C@@H]2c3cccc4[nH]c(CO)c(c34)C[C@H]21. The lowest BCUT2D eigenvalue weighted by Gasteiger charge is -2.47. The van der Waals surface area contributed by atoms with Crippen molar-refractivity contribution in [3.05, 3.63) is 47.7 Å². The molecule has 2 amide bonds. The van der Waals surface area contributed by atoms with E-state index < -0.39 is 0 Å². The van der Waals surface area contributed by atoms with Crippen molar-refractivity contribution in [1.29, 1.82) is 0 Å². The molecule has 1 aromatic carbocycles. The molecule has 29 heavy (non-hydrogen) atoms. The number of fused-ring (bicyclic) bond motifs is 2. The van der Waals surface area contributed by atoms with Crippen LogP contribution in [0.15, 0.2) is 30.9 Å². The zero-order chi connectivity index (χ0) is 20.5. The fourth-order valence-electron chi connectivity index (χ4n) is 5.35. The standard InChI is InChI=1S/C23H32N4O2/c1-4-10-27-13-15(24-23(29)26(5-2)6-3)11-17-16-8-7-9-19-22(16)18(12-21(17)27)20(14-28)25-19/h4,7-9,15,17,21,25,28H,1,5-6,10-14H2,2-3H3,(H,24,29)/t15-,17+,21+/m0/s1. The van der Waals surface area contributed by atoms with E-state index in [9.17, 15) is 9.90 Å². The average molecular weight is 397 g/mol. The van der Waals surface area contributed by atoms with Gasteiger partial charge in [-0.3, -0.25) is 4.90 Å². The molecule has 0 bridgehead atoms. The highest BCUT2D eigenvalue weighted by molar-refractivity contribution is 5.89. The molecule has 3 atom stereocenters. The highest BCUT2D eigenvalue weighted by atomic mass is 16.3. The van der Waals surface area contributed by atoms with Crippen molar-refractivity contribution in [2.24, 2.45) is 0 Å². The molecule has 3 N–H and O–H groups in total. The molecule has 4 rings (SSSR count). The Kier molecular flexibility index (Phi) is 5.65. The molecule has 0 unspecified atom stereocenters. The largest absolute Gasteiger partial charge is 0.390 e. The third kappa shape index (κ3) is 3.45. The van der Waals surface area contributed by atoms with Crippen molar-refractivity contribution in [2.45, 2.75) is 51.3 Å². The number of aliphatic hydroxyl groups excluding tert-OH is 1.